The van der Waals surface area contributed by atoms with Crippen LogP contribution < -0.4 is 16.8 Å². The number of carbonyl (C=O) groups excluding carboxylic acids is 1. The van der Waals surface area contributed by atoms with Crippen LogP contribution in [0, 0.1) is 0 Å². The molecule has 0 aliphatic carbocycles. The minimum atomic E-state index is -0.496. The van der Waals surface area contributed by atoms with Crippen molar-refractivity contribution < 1.29 is 4.79 Å². The van der Waals surface area contributed by atoms with E-state index in [1.165, 1.54) is 0 Å². The number of nitrogen functional groups attached to an aromatic ring is 1. The van der Waals surface area contributed by atoms with Crippen molar-refractivity contribution in [1.82, 2.24) is 0 Å². The molecule has 4 nitrogen and oxygen atoms in total. The first-order valence-corrected chi connectivity index (χ1v) is 6.93. The predicted molar refractivity (Wildman–Crippen MR) is 75.5 cm³/mol. The van der Waals surface area contributed by atoms with Crippen LogP contribution in [0.4, 0.5) is 11.4 Å². The number of hydrogen-bond donors (Lipinski definition) is 3. The molecule has 17 heavy (non-hydrogen) atoms. The topological polar surface area (TPSA) is 81.1 Å². The summed E-state index contributed by atoms with van der Waals surface area (Å²) >= 11 is 1.77. The Labute approximate surface area is 106 Å². The predicted octanol–water partition coefficient (Wildman–Crippen LogP) is 1.92. The van der Waals surface area contributed by atoms with E-state index in [2.05, 4.69) is 18.5 Å². The van der Waals surface area contributed by atoms with E-state index in [0.717, 1.165) is 17.9 Å². The van der Waals surface area contributed by atoms with Crippen LogP contribution in [0.25, 0.3) is 0 Å². The van der Waals surface area contributed by atoms with Gasteiger partial charge < -0.3 is 16.8 Å². The third-order valence-electron chi connectivity index (χ3n) is 2.59. The van der Waals surface area contributed by atoms with Gasteiger partial charge in [0.1, 0.15) is 0 Å². The molecule has 5 heteroatoms. The van der Waals surface area contributed by atoms with Gasteiger partial charge in [-0.2, -0.15) is 11.8 Å². The van der Waals surface area contributed by atoms with Gasteiger partial charge in [0.25, 0.3) is 5.91 Å². The Morgan fingerprint density at radius 3 is 2.76 bits per heavy atom. The Morgan fingerprint density at radius 1 is 1.53 bits per heavy atom. The molecule has 0 saturated carbocycles. The summed E-state index contributed by atoms with van der Waals surface area (Å²) in [6, 6.07) is 5.63. The van der Waals surface area contributed by atoms with Crippen molar-refractivity contribution in [3.8, 4) is 0 Å². The molecule has 0 aliphatic heterocycles. The summed E-state index contributed by atoms with van der Waals surface area (Å²) in [7, 11) is 0. The van der Waals surface area contributed by atoms with Crippen LogP contribution in [0.15, 0.2) is 18.2 Å². The molecule has 0 radical (unpaired) electrons. The number of anilines is 2. The van der Waals surface area contributed by atoms with Gasteiger partial charge in [0, 0.05) is 11.8 Å². The highest BCUT2D eigenvalue weighted by molar-refractivity contribution is 7.98. The molecule has 94 valence electrons. The SMILES string of the molecule is CCC(CSC)Nc1cccc(C(N)=O)c1N. The molecule has 1 atom stereocenters. The fourth-order valence-corrected chi connectivity index (χ4v) is 2.31. The molecule has 0 bridgehead atoms. The van der Waals surface area contributed by atoms with E-state index in [1.807, 2.05) is 6.07 Å². The standard InChI is InChI=1S/C12H19N3OS/c1-3-8(7-17-2)15-10-6-4-5-9(11(10)13)12(14)16/h4-6,8,15H,3,7,13H2,1-2H3,(H2,14,16). The van der Waals surface area contributed by atoms with Gasteiger partial charge in [-0.25, -0.2) is 0 Å². The molecule has 0 heterocycles. The summed E-state index contributed by atoms with van der Waals surface area (Å²) in [6.45, 7) is 2.11. The lowest BCUT2D eigenvalue weighted by Gasteiger charge is -2.19. The minimum absolute atomic E-state index is 0.343. The van der Waals surface area contributed by atoms with E-state index >= 15 is 0 Å². The lowest BCUT2D eigenvalue weighted by atomic mass is 10.1. The highest BCUT2D eigenvalue weighted by atomic mass is 32.2. The Hall–Kier alpha value is -1.36. The number of benzene rings is 1. The second-order valence-electron chi connectivity index (χ2n) is 3.84. The van der Waals surface area contributed by atoms with Crippen molar-refractivity contribution in [2.45, 2.75) is 19.4 Å². The van der Waals surface area contributed by atoms with E-state index in [1.54, 1.807) is 23.9 Å². The fourth-order valence-electron chi connectivity index (χ4n) is 1.59. The lowest BCUT2D eigenvalue weighted by Crippen LogP contribution is -2.23. The zero-order chi connectivity index (χ0) is 12.8. The van der Waals surface area contributed by atoms with Crippen molar-refractivity contribution in [2.24, 2.45) is 5.73 Å². The number of carbonyl (C=O) groups is 1. The van der Waals surface area contributed by atoms with Crippen LogP contribution in [-0.4, -0.2) is 24.0 Å². The first-order chi connectivity index (χ1) is 8.10. The molecule has 1 rings (SSSR count). The summed E-state index contributed by atoms with van der Waals surface area (Å²) in [6.07, 6.45) is 3.06. The van der Waals surface area contributed by atoms with Crippen LogP contribution in [0.5, 0.6) is 0 Å². The summed E-state index contributed by atoms with van der Waals surface area (Å²) in [5, 5.41) is 3.34. The molecular formula is C12H19N3OS. The second kappa shape index (κ2) is 6.39. The van der Waals surface area contributed by atoms with E-state index in [4.69, 9.17) is 11.5 Å². The zero-order valence-corrected chi connectivity index (χ0v) is 11.0. The molecule has 1 unspecified atom stereocenters. The van der Waals surface area contributed by atoms with Crippen molar-refractivity contribution in [1.29, 1.82) is 0 Å². The van der Waals surface area contributed by atoms with Gasteiger partial charge in [-0.1, -0.05) is 13.0 Å². The van der Waals surface area contributed by atoms with Gasteiger partial charge in [0.05, 0.1) is 16.9 Å². The number of amides is 1. The molecule has 0 saturated heterocycles. The largest absolute Gasteiger partial charge is 0.396 e. The van der Waals surface area contributed by atoms with Crippen LogP contribution in [0.3, 0.4) is 0 Å². The van der Waals surface area contributed by atoms with Crippen LogP contribution in [-0.2, 0) is 0 Å². The van der Waals surface area contributed by atoms with E-state index < -0.39 is 5.91 Å². The summed E-state index contributed by atoms with van der Waals surface area (Å²) in [4.78, 5) is 11.2. The number of primary amides is 1. The number of hydrogen-bond acceptors (Lipinski definition) is 4. The summed E-state index contributed by atoms with van der Waals surface area (Å²) < 4.78 is 0. The average molecular weight is 253 g/mol. The van der Waals surface area contributed by atoms with Crippen LogP contribution >= 0.6 is 11.8 Å². The van der Waals surface area contributed by atoms with Gasteiger partial charge in [0.2, 0.25) is 0 Å². The first-order valence-electron chi connectivity index (χ1n) is 5.53. The molecule has 1 amide bonds. The minimum Gasteiger partial charge on any atom is -0.396 e. The molecule has 5 N–H and O–H groups in total. The number of rotatable bonds is 6. The third kappa shape index (κ3) is 3.56. The Morgan fingerprint density at radius 2 is 2.24 bits per heavy atom. The van der Waals surface area contributed by atoms with Crippen LogP contribution in [0.2, 0.25) is 0 Å². The molecular weight excluding hydrogens is 234 g/mol. The van der Waals surface area contributed by atoms with Crippen molar-refractivity contribution in [3.63, 3.8) is 0 Å². The van der Waals surface area contributed by atoms with Crippen molar-refractivity contribution >= 4 is 29.0 Å². The fraction of sp³-hybridized carbons (Fsp3) is 0.417. The third-order valence-corrected chi connectivity index (χ3v) is 3.33. The lowest BCUT2D eigenvalue weighted by molar-refractivity contribution is 0.100. The van der Waals surface area contributed by atoms with E-state index in [0.29, 0.717) is 17.3 Å². The molecule has 0 spiro atoms. The van der Waals surface area contributed by atoms with Crippen molar-refractivity contribution in [3.05, 3.63) is 23.8 Å². The van der Waals surface area contributed by atoms with Crippen molar-refractivity contribution in [2.75, 3.05) is 23.1 Å². The van der Waals surface area contributed by atoms with Gasteiger partial charge in [0.15, 0.2) is 0 Å². The van der Waals surface area contributed by atoms with Gasteiger partial charge in [-0.05, 0) is 24.8 Å². The summed E-state index contributed by atoms with van der Waals surface area (Å²) in [5.74, 6) is 0.501. The number of para-hydroxylation sites is 1. The zero-order valence-electron chi connectivity index (χ0n) is 10.2. The average Bonchev–Trinajstić information content (AvgIpc) is 2.30. The monoisotopic (exact) mass is 253 g/mol. The molecule has 0 aliphatic rings. The maximum Gasteiger partial charge on any atom is 0.250 e. The van der Waals surface area contributed by atoms with E-state index in [-0.39, 0.29) is 0 Å². The number of nitrogens with two attached hydrogens (primary N) is 2. The molecule has 1 aromatic carbocycles. The highest BCUT2D eigenvalue weighted by Gasteiger charge is 2.12. The van der Waals surface area contributed by atoms with Gasteiger partial charge in [-0.3, -0.25) is 4.79 Å². The molecule has 1 aromatic rings. The molecule has 0 fully saturated rings. The maximum absolute atomic E-state index is 11.2. The Kier molecular flexibility index (Phi) is 5.15. The quantitative estimate of drug-likeness (QED) is 0.677. The summed E-state index contributed by atoms with van der Waals surface area (Å²) in [5.41, 5.74) is 12.7. The first kappa shape index (κ1) is 13.7. The number of nitrogens with one attached hydrogen (secondary N) is 1. The van der Waals surface area contributed by atoms with Gasteiger partial charge in [-0.15, -0.1) is 0 Å². The second-order valence-corrected chi connectivity index (χ2v) is 4.75. The number of thioether (sulfide) groups is 1. The highest BCUT2D eigenvalue weighted by Crippen LogP contribution is 2.24. The van der Waals surface area contributed by atoms with Crippen LogP contribution in [0.1, 0.15) is 23.7 Å². The van der Waals surface area contributed by atoms with E-state index in [9.17, 15) is 4.79 Å². The van der Waals surface area contributed by atoms with Gasteiger partial charge >= 0.3 is 0 Å². The Balaban J connectivity index is 2.91. The smallest absolute Gasteiger partial charge is 0.250 e. The maximum atomic E-state index is 11.2. The normalized spacial score (nSPS) is 12.1. The Bertz CT molecular complexity index is 395. The molecule has 0 aromatic heterocycles.